The summed E-state index contributed by atoms with van der Waals surface area (Å²) in [4.78, 5) is 28.6. The molecule has 0 aromatic heterocycles. The number of amides is 2. The number of halogens is 1. The molecule has 39 heavy (non-hydrogen) atoms. The molecule has 0 aliphatic heterocycles. The summed E-state index contributed by atoms with van der Waals surface area (Å²) in [7, 11) is -4.12. The third kappa shape index (κ3) is 7.61. The van der Waals surface area contributed by atoms with E-state index in [2.05, 4.69) is 5.32 Å². The normalized spacial score (nSPS) is 12.9. The number of nitrogens with one attached hydrogen (secondary N) is 1. The fourth-order valence-corrected chi connectivity index (χ4v) is 5.80. The molecule has 0 fully saturated rings. The quantitative estimate of drug-likeness (QED) is 0.331. The molecular formula is C30H36ClN3O4S. The molecule has 2 amide bonds. The van der Waals surface area contributed by atoms with Crippen LogP contribution in [0.15, 0.2) is 77.7 Å². The van der Waals surface area contributed by atoms with Gasteiger partial charge in [0.2, 0.25) is 11.8 Å². The summed E-state index contributed by atoms with van der Waals surface area (Å²) < 4.78 is 28.8. The Balaban J connectivity index is 2.04. The fraction of sp³-hybridized carbons (Fsp3) is 0.333. The minimum Gasteiger partial charge on any atom is -0.352 e. The van der Waals surface area contributed by atoms with Gasteiger partial charge in [-0.1, -0.05) is 66.6 Å². The van der Waals surface area contributed by atoms with Crippen molar-refractivity contribution in [1.82, 2.24) is 10.2 Å². The Morgan fingerprint density at radius 2 is 1.59 bits per heavy atom. The van der Waals surface area contributed by atoms with E-state index in [1.807, 2.05) is 45.0 Å². The van der Waals surface area contributed by atoms with E-state index in [1.165, 1.54) is 17.0 Å². The lowest BCUT2D eigenvalue weighted by molar-refractivity contribution is -0.139. The number of aryl methyl sites for hydroxylation is 2. The molecule has 0 saturated heterocycles. The van der Waals surface area contributed by atoms with Crippen molar-refractivity contribution in [2.45, 2.75) is 64.6 Å². The summed E-state index contributed by atoms with van der Waals surface area (Å²) in [6.07, 6.45) is 0.739. The van der Waals surface area contributed by atoms with Gasteiger partial charge in [-0.05, 0) is 75.6 Å². The lowest BCUT2D eigenvalue weighted by Gasteiger charge is -2.33. The first-order valence-corrected chi connectivity index (χ1v) is 14.7. The Kier molecular flexibility index (Phi) is 10.2. The predicted molar refractivity (Wildman–Crippen MR) is 156 cm³/mol. The number of anilines is 1. The number of benzene rings is 3. The van der Waals surface area contributed by atoms with Crippen molar-refractivity contribution in [2.75, 3.05) is 10.8 Å². The lowest BCUT2D eigenvalue weighted by atomic mass is 10.1. The van der Waals surface area contributed by atoms with Crippen LogP contribution in [0.4, 0.5) is 5.69 Å². The second-order valence-corrected chi connectivity index (χ2v) is 12.1. The van der Waals surface area contributed by atoms with Gasteiger partial charge in [-0.3, -0.25) is 13.9 Å². The van der Waals surface area contributed by atoms with Gasteiger partial charge < -0.3 is 10.2 Å². The van der Waals surface area contributed by atoms with Gasteiger partial charge in [-0.2, -0.15) is 0 Å². The molecule has 0 aliphatic rings. The highest BCUT2D eigenvalue weighted by molar-refractivity contribution is 7.92. The largest absolute Gasteiger partial charge is 0.352 e. The minimum absolute atomic E-state index is 0.0554. The van der Waals surface area contributed by atoms with Crippen molar-refractivity contribution >= 4 is 39.1 Å². The third-order valence-corrected chi connectivity index (χ3v) is 8.69. The number of rotatable bonds is 11. The topological polar surface area (TPSA) is 86.8 Å². The highest BCUT2D eigenvalue weighted by Gasteiger charge is 2.33. The molecule has 0 bridgehead atoms. The molecule has 3 aromatic carbocycles. The molecule has 7 nitrogen and oxygen atoms in total. The second kappa shape index (κ2) is 13.1. The molecular weight excluding hydrogens is 534 g/mol. The molecule has 208 valence electrons. The van der Waals surface area contributed by atoms with Crippen LogP contribution in [0.25, 0.3) is 0 Å². The predicted octanol–water partition coefficient (Wildman–Crippen LogP) is 5.48. The molecule has 0 spiro atoms. The van der Waals surface area contributed by atoms with Crippen molar-refractivity contribution < 1.29 is 18.0 Å². The zero-order valence-electron chi connectivity index (χ0n) is 23.0. The van der Waals surface area contributed by atoms with Crippen LogP contribution in [0.2, 0.25) is 5.02 Å². The first kappa shape index (κ1) is 30.2. The van der Waals surface area contributed by atoms with Gasteiger partial charge in [0.1, 0.15) is 12.6 Å². The van der Waals surface area contributed by atoms with E-state index in [0.717, 1.165) is 21.9 Å². The summed E-state index contributed by atoms with van der Waals surface area (Å²) in [6.45, 7) is 8.88. The zero-order chi connectivity index (χ0) is 28.7. The molecule has 9 heteroatoms. The number of hydrogen-bond donors (Lipinski definition) is 1. The van der Waals surface area contributed by atoms with Crippen LogP contribution in [0.3, 0.4) is 0 Å². The summed E-state index contributed by atoms with van der Waals surface area (Å²) in [5.74, 6) is -0.804. The highest BCUT2D eigenvalue weighted by Crippen LogP contribution is 2.29. The molecule has 0 heterocycles. The van der Waals surface area contributed by atoms with Crippen LogP contribution in [0, 0.1) is 13.8 Å². The van der Waals surface area contributed by atoms with E-state index in [1.54, 1.807) is 50.2 Å². The number of hydrogen-bond acceptors (Lipinski definition) is 4. The maximum atomic E-state index is 14.0. The Morgan fingerprint density at radius 3 is 2.18 bits per heavy atom. The van der Waals surface area contributed by atoms with Crippen LogP contribution in [0.1, 0.15) is 43.9 Å². The van der Waals surface area contributed by atoms with E-state index in [9.17, 15) is 18.0 Å². The SMILES string of the molecule is CC[C@@H](C)NC(=O)[C@@H](C)N(Cc1ccc(C)cc1)C(=O)CN(c1ccc(Cl)cc1C)S(=O)(=O)c1ccccc1. The smallest absolute Gasteiger partial charge is 0.264 e. The molecule has 0 aliphatic carbocycles. The van der Waals surface area contributed by atoms with Gasteiger partial charge >= 0.3 is 0 Å². The van der Waals surface area contributed by atoms with Crippen molar-refractivity contribution in [3.8, 4) is 0 Å². The van der Waals surface area contributed by atoms with Gasteiger partial charge in [-0.25, -0.2) is 8.42 Å². The number of nitrogens with zero attached hydrogens (tertiary/aromatic N) is 2. The van der Waals surface area contributed by atoms with Crippen molar-refractivity contribution in [2.24, 2.45) is 0 Å². The maximum absolute atomic E-state index is 14.0. The molecule has 2 atom stereocenters. The van der Waals surface area contributed by atoms with E-state index in [4.69, 9.17) is 11.6 Å². The Morgan fingerprint density at radius 1 is 0.949 bits per heavy atom. The molecule has 0 saturated carbocycles. The van der Waals surface area contributed by atoms with Crippen LogP contribution in [-0.4, -0.2) is 43.8 Å². The summed E-state index contributed by atoms with van der Waals surface area (Å²) >= 11 is 6.15. The van der Waals surface area contributed by atoms with Crippen LogP contribution in [-0.2, 0) is 26.2 Å². The van der Waals surface area contributed by atoms with Gasteiger partial charge in [0.15, 0.2) is 0 Å². The monoisotopic (exact) mass is 569 g/mol. The van der Waals surface area contributed by atoms with Gasteiger partial charge in [-0.15, -0.1) is 0 Å². The summed E-state index contributed by atoms with van der Waals surface area (Å²) in [6, 6.07) is 19.6. The number of carbonyl (C=O) groups excluding carboxylic acids is 2. The lowest BCUT2D eigenvalue weighted by Crippen LogP contribution is -2.52. The Hall–Kier alpha value is -3.36. The Bertz CT molecular complexity index is 1400. The summed E-state index contributed by atoms with van der Waals surface area (Å²) in [5, 5.41) is 3.39. The van der Waals surface area contributed by atoms with Gasteiger partial charge in [0.05, 0.1) is 10.6 Å². The molecule has 3 rings (SSSR count). The fourth-order valence-electron chi connectivity index (χ4n) is 4.07. The number of carbonyl (C=O) groups is 2. The van der Waals surface area contributed by atoms with E-state index < -0.39 is 28.5 Å². The maximum Gasteiger partial charge on any atom is 0.264 e. The average Bonchev–Trinajstić information content (AvgIpc) is 2.91. The van der Waals surface area contributed by atoms with Crippen LogP contribution < -0.4 is 9.62 Å². The second-order valence-electron chi connectivity index (χ2n) is 9.76. The third-order valence-electron chi connectivity index (χ3n) is 6.68. The highest BCUT2D eigenvalue weighted by atomic mass is 35.5. The van der Waals surface area contributed by atoms with E-state index in [0.29, 0.717) is 16.3 Å². The molecule has 0 unspecified atom stereocenters. The van der Waals surface area contributed by atoms with Crippen LogP contribution in [0.5, 0.6) is 0 Å². The van der Waals surface area contributed by atoms with Crippen molar-refractivity contribution in [3.05, 3.63) is 94.5 Å². The first-order valence-electron chi connectivity index (χ1n) is 12.9. The van der Waals surface area contributed by atoms with E-state index in [-0.39, 0.29) is 23.4 Å². The summed E-state index contributed by atoms with van der Waals surface area (Å²) in [5.41, 5.74) is 2.83. The van der Waals surface area contributed by atoms with Gasteiger partial charge in [0.25, 0.3) is 10.0 Å². The molecule has 3 aromatic rings. The molecule has 0 radical (unpaired) electrons. The molecule has 1 N–H and O–H groups in total. The first-order chi connectivity index (χ1) is 18.4. The Labute approximate surface area is 236 Å². The van der Waals surface area contributed by atoms with Crippen molar-refractivity contribution in [3.63, 3.8) is 0 Å². The van der Waals surface area contributed by atoms with Gasteiger partial charge in [0, 0.05) is 17.6 Å². The van der Waals surface area contributed by atoms with Crippen LogP contribution >= 0.6 is 11.6 Å². The average molecular weight is 570 g/mol. The zero-order valence-corrected chi connectivity index (χ0v) is 24.6. The minimum atomic E-state index is -4.12. The standard InChI is InChI=1S/C30H36ClN3O4S/c1-6-23(4)32-30(36)24(5)33(19-25-14-12-21(2)13-15-25)29(35)20-34(28-17-16-26(31)18-22(28)3)39(37,38)27-10-8-7-9-11-27/h7-18,23-24H,6,19-20H2,1-5H3,(H,32,36)/t23-,24-/m1/s1. The van der Waals surface area contributed by atoms with E-state index >= 15 is 0 Å². The number of sulfonamides is 1. The van der Waals surface area contributed by atoms with Crippen molar-refractivity contribution in [1.29, 1.82) is 0 Å².